The Kier molecular flexibility index (Phi) is 3.56. The van der Waals surface area contributed by atoms with Crippen LogP contribution in [0.5, 0.6) is 0 Å². The molecule has 6 nitrogen and oxygen atoms in total. The van der Waals surface area contributed by atoms with Crippen molar-refractivity contribution < 1.29 is 22.4 Å². The van der Waals surface area contributed by atoms with Crippen molar-refractivity contribution in [3.63, 3.8) is 0 Å². The number of hydrogen-bond acceptors (Lipinski definition) is 5. The Labute approximate surface area is 106 Å². The molecule has 0 N–H and O–H groups in total. The largest absolute Gasteiger partial charge is 0.440 e. The lowest BCUT2D eigenvalue weighted by Gasteiger charge is -2.33. The van der Waals surface area contributed by atoms with Gasteiger partial charge in [-0.05, 0) is 26.0 Å². The van der Waals surface area contributed by atoms with E-state index in [1.54, 1.807) is 0 Å². The van der Waals surface area contributed by atoms with Crippen molar-refractivity contribution in [3.8, 4) is 0 Å². The van der Waals surface area contributed by atoms with Crippen LogP contribution in [0.1, 0.15) is 24.4 Å². The van der Waals surface area contributed by atoms with Crippen LogP contribution in [0, 0.1) is 0 Å². The molecule has 2 rings (SSSR count). The van der Waals surface area contributed by atoms with Crippen LogP contribution in [0.4, 0.5) is 0 Å². The van der Waals surface area contributed by atoms with Crippen molar-refractivity contribution in [1.29, 1.82) is 0 Å². The summed E-state index contributed by atoms with van der Waals surface area (Å²) >= 11 is 0. The molecular formula is C11H15NO5S. The SMILES string of the molecule is C[C@@H]1CN(S(=O)(=O)c2ccc(C=O)o2)C[C@H](C)O1. The number of furan rings is 1. The lowest BCUT2D eigenvalue weighted by molar-refractivity contribution is -0.0443. The summed E-state index contributed by atoms with van der Waals surface area (Å²) < 4.78 is 36.3. The highest BCUT2D eigenvalue weighted by Crippen LogP contribution is 2.22. The van der Waals surface area contributed by atoms with Crippen LogP contribution in [0.3, 0.4) is 0 Å². The topological polar surface area (TPSA) is 76.8 Å². The minimum Gasteiger partial charge on any atom is -0.440 e. The average molecular weight is 273 g/mol. The summed E-state index contributed by atoms with van der Waals surface area (Å²) in [4.78, 5) is 10.5. The lowest BCUT2D eigenvalue weighted by atomic mass is 10.3. The molecule has 0 unspecified atom stereocenters. The quantitative estimate of drug-likeness (QED) is 0.764. The Hall–Kier alpha value is -1.18. The van der Waals surface area contributed by atoms with Crippen LogP contribution in [0.25, 0.3) is 0 Å². The van der Waals surface area contributed by atoms with Gasteiger partial charge in [0.05, 0.1) is 12.2 Å². The summed E-state index contributed by atoms with van der Waals surface area (Å²) in [6.45, 7) is 4.20. The molecule has 7 heteroatoms. The molecule has 0 saturated carbocycles. The third kappa shape index (κ3) is 2.47. The third-order valence-electron chi connectivity index (χ3n) is 2.70. The van der Waals surface area contributed by atoms with Crippen molar-refractivity contribution in [2.24, 2.45) is 0 Å². The molecule has 0 bridgehead atoms. The Balaban J connectivity index is 2.27. The van der Waals surface area contributed by atoms with E-state index >= 15 is 0 Å². The first-order valence-electron chi connectivity index (χ1n) is 5.64. The summed E-state index contributed by atoms with van der Waals surface area (Å²) in [7, 11) is -3.69. The van der Waals surface area contributed by atoms with Crippen molar-refractivity contribution >= 4 is 16.3 Å². The van der Waals surface area contributed by atoms with Crippen molar-refractivity contribution in [2.45, 2.75) is 31.1 Å². The Bertz CT molecular complexity index is 525. The zero-order valence-electron chi connectivity index (χ0n) is 10.2. The molecule has 18 heavy (non-hydrogen) atoms. The molecule has 0 amide bonds. The molecule has 1 aliphatic heterocycles. The van der Waals surface area contributed by atoms with Crippen LogP contribution in [0.15, 0.2) is 21.6 Å². The molecule has 1 aromatic rings. The van der Waals surface area contributed by atoms with Gasteiger partial charge in [0.25, 0.3) is 10.0 Å². The second-order valence-corrected chi connectivity index (χ2v) is 6.22. The molecule has 1 aliphatic rings. The highest BCUT2D eigenvalue weighted by atomic mass is 32.2. The fourth-order valence-corrected chi connectivity index (χ4v) is 3.50. The van der Waals surface area contributed by atoms with Gasteiger partial charge in [-0.3, -0.25) is 4.79 Å². The fourth-order valence-electron chi connectivity index (χ4n) is 1.99. The predicted octanol–water partition coefficient (Wildman–Crippen LogP) is 0.890. The second-order valence-electron chi connectivity index (χ2n) is 4.35. The van der Waals surface area contributed by atoms with Gasteiger partial charge in [0.1, 0.15) is 0 Å². The number of sulfonamides is 1. The second kappa shape index (κ2) is 4.83. The van der Waals surface area contributed by atoms with Crippen LogP contribution >= 0.6 is 0 Å². The highest BCUT2D eigenvalue weighted by molar-refractivity contribution is 7.89. The number of nitrogens with zero attached hydrogens (tertiary/aromatic N) is 1. The first kappa shape index (κ1) is 13.3. The Morgan fingerprint density at radius 3 is 2.39 bits per heavy atom. The maximum absolute atomic E-state index is 12.3. The van der Waals surface area contributed by atoms with Gasteiger partial charge in [-0.1, -0.05) is 0 Å². The fraction of sp³-hybridized carbons (Fsp3) is 0.545. The molecular weight excluding hydrogens is 258 g/mol. The van der Waals surface area contributed by atoms with Gasteiger partial charge in [0.15, 0.2) is 12.0 Å². The van der Waals surface area contributed by atoms with Crippen LogP contribution in [0.2, 0.25) is 0 Å². The van der Waals surface area contributed by atoms with E-state index in [2.05, 4.69) is 0 Å². The highest BCUT2D eigenvalue weighted by Gasteiger charge is 2.34. The average Bonchev–Trinajstić information content (AvgIpc) is 2.76. The van der Waals surface area contributed by atoms with Gasteiger partial charge in [-0.25, -0.2) is 8.42 Å². The number of carbonyl (C=O) groups is 1. The number of hydrogen-bond donors (Lipinski definition) is 0. The molecule has 2 atom stereocenters. The number of aldehydes is 1. The van der Waals surface area contributed by atoms with Crippen LogP contribution in [-0.2, 0) is 14.8 Å². The minimum absolute atomic E-state index is 0.00271. The van der Waals surface area contributed by atoms with Gasteiger partial charge >= 0.3 is 0 Å². The summed E-state index contributed by atoms with van der Waals surface area (Å²) in [5, 5.41) is -0.203. The van der Waals surface area contributed by atoms with E-state index in [1.807, 2.05) is 13.8 Å². The van der Waals surface area contributed by atoms with E-state index in [0.29, 0.717) is 6.29 Å². The van der Waals surface area contributed by atoms with Gasteiger partial charge in [-0.15, -0.1) is 0 Å². The van der Waals surface area contributed by atoms with Gasteiger partial charge in [-0.2, -0.15) is 4.31 Å². The van der Waals surface area contributed by atoms with E-state index in [4.69, 9.17) is 9.15 Å². The molecule has 2 heterocycles. The molecule has 1 aromatic heterocycles. The maximum Gasteiger partial charge on any atom is 0.276 e. The van der Waals surface area contributed by atoms with E-state index in [1.165, 1.54) is 16.4 Å². The number of carbonyl (C=O) groups excluding carboxylic acids is 1. The zero-order chi connectivity index (χ0) is 13.3. The minimum atomic E-state index is -3.69. The van der Waals surface area contributed by atoms with Gasteiger partial charge in [0.2, 0.25) is 5.09 Å². The van der Waals surface area contributed by atoms with Crippen molar-refractivity contribution in [1.82, 2.24) is 4.31 Å². The van der Waals surface area contributed by atoms with E-state index < -0.39 is 10.0 Å². The third-order valence-corrected chi connectivity index (χ3v) is 4.40. The normalized spacial score (nSPS) is 26.1. The molecule has 1 fully saturated rings. The van der Waals surface area contributed by atoms with E-state index in [0.717, 1.165) is 0 Å². The molecule has 0 spiro atoms. The molecule has 0 radical (unpaired) electrons. The Morgan fingerprint density at radius 2 is 1.89 bits per heavy atom. The lowest BCUT2D eigenvalue weighted by Crippen LogP contribution is -2.47. The monoisotopic (exact) mass is 273 g/mol. The smallest absolute Gasteiger partial charge is 0.276 e. The standard InChI is InChI=1S/C11H15NO5S/c1-8-5-12(6-9(2)16-8)18(14,15)11-4-3-10(7-13)17-11/h3-4,7-9H,5-6H2,1-2H3/t8-,9+. The summed E-state index contributed by atoms with van der Waals surface area (Å²) in [5.74, 6) is 0.00271. The molecule has 1 saturated heterocycles. The first-order chi connectivity index (χ1) is 8.43. The molecule has 100 valence electrons. The molecule has 0 aromatic carbocycles. The number of morpholine rings is 1. The van der Waals surface area contributed by atoms with Gasteiger partial charge in [0, 0.05) is 13.1 Å². The van der Waals surface area contributed by atoms with Crippen molar-refractivity contribution in [2.75, 3.05) is 13.1 Å². The van der Waals surface area contributed by atoms with Gasteiger partial charge < -0.3 is 9.15 Å². The number of rotatable bonds is 3. The first-order valence-corrected chi connectivity index (χ1v) is 7.08. The predicted molar refractivity (Wildman–Crippen MR) is 62.9 cm³/mol. The zero-order valence-corrected chi connectivity index (χ0v) is 11.0. The summed E-state index contributed by atoms with van der Waals surface area (Å²) in [6, 6.07) is 2.64. The van der Waals surface area contributed by atoms with Crippen LogP contribution < -0.4 is 0 Å². The summed E-state index contributed by atoms with van der Waals surface area (Å²) in [6.07, 6.45) is 0.150. The number of ether oxygens (including phenoxy) is 1. The molecule has 0 aliphatic carbocycles. The summed E-state index contributed by atoms with van der Waals surface area (Å²) in [5.41, 5.74) is 0. The Morgan fingerprint density at radius 1 is 1.28 bits per heavy atom. The van der Waals surface area contributed by atoms with E-state index in [-0.39, 0.29) is 36.1 Å². The maximum atomic E-state index is 12.3. The van der Waals surface area contributed by atoms with Crippen molar-refractivity contribution in [3.05, 3.63) is 17.9 Å². The van der Waals surface area contributed by atoms with Crippen LogP contribution in [-0.4, -0.2) is 44.3 Å². The van der Waals surface area contributed by atoms with E-state index in [9.17, 15) is 13.2 Å².